The third kappa shape index (κ3) is 1.74. The molecular weight excluding hydrogens is 222 g/mol. The van der Waals surface area contributed by atoms with Gasteiger partial charge in [-0.15, -0.1) is 0 Å². The van der Waals surface area contributed by atoms with E-state index < -0.39 is 0 Å². The summed E-state index contributed by atoms with van der Waals surface area (Å²) in [5, 5.41) is 0. The van der Waals surface area contributed by atoms with E-state index in [1.807, 2.05) is 6.92 Å². The first-order chi connectivity index (χ1) is 8.34. The lowest BCUT2D eigenvalue weighted by atomic mass is 10.1. The molecule has 0 spiro atoms. The smallest absolute Gasteiger partial charge is 0.157 e. The van der Waals surface area contributed by atoms with Crippen molar-refractivity contribution in [3.63, 3.8) is 0 Å². The van der Waals surface area contributed by atoms with E-state index >= 15 is 0 Å². The van der Waals surface area contributed by atoms with Crippen LogP contribution in [0.25, 0.3) is 0 Å². The minimum absolute atomic E-state index is 0.855. The highest BCUT2D eigenvalue weighted by Crippen LogP contribution is 2.29. The Kier molecular flexibility index (Phi) is 3.01. The SMILES string of the molecule is CC1=N/C(=N\c2c(C)c(C)c(C)n2C)C(C)=C1C. The second kappa shape index (κ2) is 4.23. The fourth-order valence-corrected chi connectivity index (χ4v) is 2.23. The first-order valence-corrected chi connectivity index (χ1v) is 6.29. The lowest BCUT2D eigenvalue weighted by Gasteiger charge is -2.02. The van der Waals surface area contributed by atoms with Gasteiger partial charge in [-0.25, -0.2) is 9.98 Å². The standard InChI is InChI=1S/C15H21N3/c1-8-10(3)14(16-12(8)5)17-15-11(4)9(2)13(6)18(15)7/h1-7H3/b17-14-. The molecule has 2 rings (SSSR count). The van der Waals surface area contributed by atoms with Crippen LogP contribution in [0.2, 0.25) is 0 Å². The Morgan fingerprint density at radius 2 is 1.50 bits per heavy atom. The van der Waals surface area contributed by atoms with Crippen LogP contribution in [0.1, 0.15) is 37.6 Å². The Morgan fingerprint density at radius 1 is 0.889 bits per heavy atom. The Labute approximate surface area is 109 Å². The summed E-state index contributed by atoms with van der Waals surface area (Å²) < 4.78 is 2.14. The van der Waals surface area contributed by atoms with Crippen LogP contribution in [-0.2, 0) is 7.05 Å². The van der Waals surface area contributed by atoms with Gasteiger partial charge in [-0.3, -0.25) is 0 Å². The molecule has 0 atom stereocenters. The van der Waals surface area contributed by atoms with E-state index in [1.54, 1.807) is 0 Å². The Hall–Kier alpha value is -1.64. The van der Waals surface area contributed by atoms with E-state index in [-0.39, 0.29) is 0 Å². The van der Waals surface area contributed by atoms with Crippen molar-refractivity contribution in [1.29, 1.82) is 0 Å². The van der Waals surface area contributed by atoms with E-state index in [4.69, 9.17) is 4.99 Å². The number of allylic oxidation sites excluding steroid dienone is 1. The molecule has 3 nitrogen and oxygen atoms in total. The molecule has 1 aliphatic rings. The maximum atomic E-state index is 4.75. The molecule has 1 aliphatic heterocycles. The van der Waals surface area contributed by atoms with Gasteiger partial charge < -0.3 is 4.57 Å². The van der Waals surface area contributed by atoms with Gasteiger partial charge in [-0.1, -0.05) is 0 Å². The fourth-order valence-electron chi connectivity index (χ4n) is 2.23. The normalized spacial score (nSPS) is 17.9. The predicted molar refractivity (Wildman–Crippen MR) is 78.2 cm³/mol. The second-order valence-electron chi connectivity index (χ2n) is 5.10. The molecule has 0 unspecified atom stereocenters. The molecule has 3 heteroatoms. The number of aliphatic imine (C=N–C) groups is 2. The van der Waals surface area contributed by atoms with E-state index in [2.05, 4.69) is 51.2 Å². The summed E-state index contributed by atoms with van der Waals surface area (Å²) in [6.45, 7) is 12.6. The van der Waals surface area contributed by atoms with E-state index in [9.17, 15) is 0 Å². The van der Waals surface area contributed by atoms with Crippen molar-refractivity contribution in [2.45, 2.75) is 41.5 Å². The number of rotatable bonds is 1. The second-order valence-corrected chi connectivity index (χ2v) is 5.10. The van der Waals surface area contributed by atoms with Crippen molar-refractivity contribution < 1.29 is 0 Å². The molecule has 0 fully saturated rings. The van der Waals surface area contributed by atoms with Crippen molar-refractivity contribution in [2.24, 2.45) is 17.0 Å². The summed E-state index contributed by atoms with van der Waals surface area (Å²) in [6, 6.07) is 0. The average Bonchev–Trinajstić information content (AvgIpc) is 2.68. The number of hydrogen-bond acceptors (Lipinski definition) is 1. The van der Waals surface area contributed by atoms with Crippen molar-refractivity contribution in [1.82, 2.24) is 4.57 Å². The highest BCUT2D eigenvalue weighted by Gasteiger charge is 2.17. The predicted octanol–water partition coefficient (Wildman–Crippen LogP) is 3.79. The molecule has 18 heavy (non-hydrogen) atoms. The molecule has 0 saturated carbocycles. The van der Waals surface area contributed by atoms with Crippen molar-refractivity contribution >= 4 is 17.4 Å². The van der Waals surface area contributed by atoms with E-state index in [1.165, 1.54) is 28.0 Å². The van der Waals surface area contributed by atoms with Crippen molar-refractivity contribution in [2.75, 3.05) is 0 Å². The molecule has 0 aliphatic carbocycles. The molecular formula is C15H21N3. The Morgan fingerprint density at radius 3 is 1.89 bits per heavy atom. The topological polar surface area (TPSA) is 29.6 Å². The van der Waals surface area contributed by atoms with Crippen LogP contribution in [0.4, 0.5) is 5.82 Å². The van der Waals surface area contributed by atoms with Crippen LogP contribution >= 0.6 is 0 Å². The monoisotopic (exact) mass is 243 g/mol. The maximum Gasteiger partial charge on any atom is 0.157 e. The zero-order valence-electron chi connectivity index (χ0n) is 12.3. The average molecular weight is 243 g/mol. The van der Waals surface area contributed by atoms with Gasteiger partial charge in [0.05, 0.1) is 0 Å². The minimum Gasteiger partial charge on any atom is -0.333 e. The van der Waals surface area contributed by atoms with Crippen LogP contribution in [0.3, 0.4) is 0 Å². The Bertz CT molecular complexity index is 585. The summed E-state index contributed by atoms with van der Waals surface area (Å²) in [5.41, 5.74) is 7.33. The maximum absolute atomic E-state index is 4.75. The molecule has 0 aromatic carbocycles. The van der Waals surface area contributed by atoms with Crippen molar-refractivity contribution in [3.8, 4) is 0 Å². The van der Waals surface area contributed by atoms with Gasteiger partial charge in [0.25, 0.3) is 0 Å². The quantitative estimate of drug-likeness (QED) is 0.718. The zero-order chi connectivity index (χ0) is 13.6. The van der Waals surface area contributed by atoms with Gasteiger partial charge in [-0.2, -0.15) is 0 Å². The highest BCUT2D eigenvalue weighted by atomic mass is 15.1. The largest absolute Gasteiger partial charge is 0.333 e. The lowest BCUT2D eigenvalue weighted by Crippen LogP contribution is -1.95. The van der Waals surface area contributed by atoms with Crippen LogP contribution in [0, 0.1) is 20.8 Å². The molecule has 1 aromatic heterocycles. The van der Waals surface area contributed by atoms with E-state index in [0.717, 1.165) is 17.4 Å². The van der Waals surface area contributed by atoms with Crippen LogP contribution in [-0.4, -0.2) is 16.1 Å². The zero-order valence-corrected chi connectivity index (χ0v) is 12.3. The summed E-state index contributed by atoms with van der Waals surface area (Å²) >= 11 is 0. The molecule has 0 N–H and O–H groups in total. The van der Waals surface area contributed by atoms with Gasteiger partial charge in [0.2, 0.25) is 0 Å². The summed E-state index contributed by atoms with van der Waals surface area (Å²) in [4.78, 5) is 9.30. The highest BCUT2D eigenvalue weighted by molar-refractivity contribution is 6.20. The molecule has 2 heterocycles. The lowest BCUT2D eigenvalue weighted by molar-refractivity contribution is 0.875. The van der Waals surface area contributed by atoms with E-state index in [0.29, 0.717) is 0 Å². The summed E-state index contributed by atoms with van der Waals surface area (Å²) in [6.07, 6.45) is 0. The van der Waals surface area contributed by atoms with Crippen molar-refractivity contribution in [3.05, 3.63) is 28.0 Å². The fraction of sp³-hybridized carbons (Fsp3) is 0.467. The molecule has 96 valence electrons. The first kappa shape index (κ1) is 12.8. The van der Waals surface area contributed by atoms with Gasteiger partial charge in [0.1, 0.15) is 5.82 Å². The molecule has 0 saturated heterocycles. The number of hydrogen-bond donors (Lipinski definition) is 0. The number of aromatic nitrogens is 1. The summed E-state index contributed by atoms with van der Waals surface area (Å²) in [5.74, 6) is 1.87. The van der Waals surface area contributed by atoms with Gasteiger partial charge >= 0.3 is 0 Å². The third-order valence-corrected chi connectivity index (χ3v) is 4.19. The summed E-state index contributed by atoms with van der Waals surface area (Å²) in [7, 11) is 2.06. The van der Waals surface area contributed by atoms with Crippen LogP contribution < -0.4 is 0 Å². The van der Waals surface area contributed by atoms with Gasteiger partial charge in [0, 0.05) is 18.5 Å². The third-order valence-electron chi connectivity index (χ3n) is 4.19. The Balaban J connectivity index is 2.58. The molecule has 0 amide bonds. The first-order valence-electron chi connectivity index (χ1n) is 6.29. The number of amidine groups is 1. The molecule has 0 radical (unpaired) electrons. The van der Waals surface area contributed by atoms with Gasteiger partial charge in [0.15, 0.2) is 5.84 Å². The molecule has 1 aromatic rings. The molecule has 0 bridgehead atoms. The van der Waals surface area contributed by atoms with Crippen LogP contribution in [0.5, 0.6) is 0 Å². The van der Waals surface area contributed by atoms with Gasteiger partial charge in [-0.05, 0) is 63.8 Å². The van der Waals surface area contributed by atoms with Crippen LogP contribution in [0.15, 0.2) is 21.1 Å². The minimum atomic E-state index is 0.855. The number of nitrogens with zero attached hydrogens (tertiary/aromatic N) is 3.